The molecule has 0 atom stereocenters. The Morgan fingerprint density at radius 1 is 1.07 bits per heavy atom. The first kappa shape index (κ1) is 20.4. The minimum absolute atomic E-state index is 0.0728. The molecule has 2 aromatic carbocycles. The van der Waals surface area contributed by atoms with Crippen molar-refractivity contribution in [3.05, 3.63) is 69.5 Å². The fourth-order valence-electron chi connectivity index (χ4n) is 3.82. The fourth-order valence-corrected chi connectivity index (χ4v) is 3.94. The van der Waals surface area contributed by atoms with Crippen LogP contribution in [0.1, 0.15) is 24.8 Å². The summed E-state index contributed by atoms with van der Waals surface area (Å²) in [6, 6.07) is 15.0. The van der Waals surface area contributed by atoms with E-state index >= 15 is 0 Å². The average Bonchev–Trinajstić information content (AvgIpc) is 3.29. The van der Waals surface area contributed by atoms with Crippen molar-refractivity contribution in [3.63, 3.8) is 0 Å². The molecule has 0 saturated carbocycles. The number of carbonyl (C=O) groups is 1. The van der Waals surface area contributed by atoms with Gasteiger partial charge in [-0.3, -0.25) is 14.2 Å². The number of benzene rings is 2. The van der Waals surface area contributed by atoms with Gasteiger partial charge in [-0.25, -0.2) is 4.98 Å². The molecule has 2 heterocycles. The molecular weight excluding hydrogens is 400 g/mol. The number of para-hydroxylation sites is 1. The molecule has 1 amide bonds. The predicted molar refractivity (Wildman–Crippen MR) is 120 cm³/mol. The van der Waals surface area contributed by atoms with Gasteiger partial charge in [-0.05, 0) is 49.1 Å². The molecule has 6 nitrogen and oxygen atoms in total. The highest BCUT2D eigenvalue weighted by molar-refractivity contribution is 6.30. The van der Waals surface area contributed by atoms with Crippen LogP contribution in [0.25, 0.3) is 10.9 Å². The number of carbonyl (C=O) groups excluding carboxylic acids is 1. The molecule has 1 saturated heterocycles. The number of hydrogen-bond donors (Lipinski definition) is 1. The number of hydrogen-bond acceptors (Lipinski definition) is 4. The summed E-state index contributed by atoms with van der Waals surface area (Å²) in [7, 11) is 0. The maximum atomic E-state index is 13.1. The van der Waals surface area contributed by atoms with Crippen LogP contribution < -0.4 is 15.8 Å². The summed E-state index contributed by atoms with van der Waals surface area (Å²) in [5.41, 5.74) is 1.73. The highest BCUT2D eigenvalue weighted by Crippen LogP contribution is 2.20. The average molecular weight is 425 g/mol. The van der Waals surface area contributed by atoms with Crippen molar-refractivity contribution in [2.45, 2.75) is 32.2 Å². The van der Waals surface area contributed by atoms with Gasteiger partial charge in [-0.15, -0.1) is 0 Å². The van der Waals surface area contributed by atoms with Crippen molar-refractivity contribution < 1.29 is 4.79 Å². The Kier molecular flexibility index (Phi) is 6.33. The number of nitrogens with one attached hydrogen (secondary N) is 1. The first-order valence-corrected chi connectivity index (χ1v) is 10.8. The van der Waals surface area contributed by atoms with Crippen LogP contribution in [0.2, 0.25) is 5.02 Å². The van der Waals surface area contributed by atoms with E-state index in [1.165, 1.54) is 0 Å². The van der Waals surface area contributed by atoms with Gasteiger partial charge < -0.3 is 10.2 Å². The zero-order valence-electron chi connectivity index (χ0n) is 16.8. The van der Waals surface area contributed by atoms with Crippen LogP contribution in [0.5, 0.6) is 0 Å². The molecule has 0 unspecified atom stereocenters. The molecule has 0 bridgehead atoms. The Labute approximate surface area is 180 Å². The van der Waals surface area contributed by atoms with Crippen LogP contribution in [-0.2, 0) is 17.8 Å². The molecule has 0 spiro atoms. The zero-order chi connectivity index (χ0) is 20.9. The smallest absolute Gasteiger partial charge is 0.262 e. The number of amides is 1. The van der Waals surface area contributed by atoms with Gasteiger partial charge in [-0.2, -0.15) is 0 Å². The molecule has 1 aliphatic heterocycles. The van der Waals surface area contributed by atoms with E-state index in [0.29, 0.717) is 35.0 Å². The first-order valence-electron chi connectivity index (χ1n) is 10.4. The number of rotatable bonds is 7. The van der Waals surface area contributed by atoms with E-state index in [1.807, 2.05) is 42.5 Å². The minimum Gasteiger partial charge on any atom is -0.356 e. The maximum Gasteiger partial charge on any atom is 0.262 e. The van der Waals surface area contributed by atoms with Gasteiger partial charge in [0.2, 0.25) is 11.9 Å². The number of nitrogens with zero attached hydrogens (tertiary/aromatic N) is 3. The SMILES string of the molecule is O=C(CCn1c(N2CCCC2)nc2ccccc2c1=O)NCCc1ccc(Cl)cc1. The molecular formula is C23H25ClN4O2. The Morgan fingerprint density at radius 2 is 1.80 bits per heavy atom. The molecule has 0 aliphatic carbocycles. The topological polar surface area (TPSA) is 67.2 Å². The molecule has 1 fully saturated rings. The summed E-state index contributed by atoms with van der Waals surface area (Å²) in [6.07, 6.45) is 3.16. The first-order chi connectivity index (χ1) is 14.6. The molecule has 1 N–H and O–H groups in total. The van der Waals surface area contributed by atoms with Gasteiger partial charge in [0.1, 0.15) is 0 Å². The second-order valence-electron chi connectivity index (χ2n) is 7.56. The third kappa shape index (κ3) is 4.65. The van der Waals surface area contributed by atoms with Gasteiger partial charge in [0.25, 0.3) is 5.56 Å². The van der Waals surface area contributed by atoms with Gasteiger partial charge in [-0.1, -0.05) is 35.9 Å². The maximum absolute atomic E-state index is 13.1. The van der Waals surface area contributed by atoms with Crippen LogP contribution >= 0.6 is 11.6 Å². The van der Waals surface area contributed by atoms with Crippen molar-refractivity contribution in [1.82, 2.24) is 14.9 Å². The summed E-state index contributed by atoms with van der Waals surface area (Å²) in [5, 5.41) is 4.23. The Hall–Kier alpha value is -2.86. The van der Waals surface area contributed by atoms with E-state index in [0.717, 1.165) is 37.9 Å². The monoisotopic (exact) mass is 424 g/mol. The van der Waals surface area contributed by atoms with E-state index in [1.54, 1.807) is 10.6 Å². The number of fused-ring (bicyclic) bond motifs is 1. The standard InChI is InChI=1S/C23H25ClN4O2/c24-18-9-7-17(8-10-18)11-13-25-21(29)12-16-28-22(30)19-5-1-2-6-20(19)26-23(28)27-14-3-4-15-27/h1-2,5-10H,3-4,11-16H2,(H,25,29). The van der Waals surface area contributed by atoms with E-state index in [4.69, 9.17) is 16.6 Å². The van der Waals surface area contributed by atoms with Gasteiger partial charge in [0.05, 0.1) is 10.9 Å². The molecule has 30 heavy (non-hydrogen) atoms. The molecule has 1 aliphatic rings. The summed E-state index contributed by atoms with van der Waals surface area (Å²) in [4.78, 5) is 32.4. The van der Waals surface area contributed by atoms with E-state index in [2.05, 4.69) is 10.2 Å². The van der Waals surface area contributed by atoms with Crippen LogP contribution in [0.4, 0.5) is 5.95 Å². The Balaban J connectivity index is 1.44. The number of aromatic nitrogens is 2. The van der Waals surface area contributed by atoms with E-state index in [-0.39, 0.29) is 17.9 Å². The zero-order valence-corrected chi connectivity index (χ0v) is 17.6. The predicted octanol–water partition coefficient (Wildman–Crippen LogP) is 3.40. The van der Waals surface area contributed by atoms with Crippen LogP contribution in [0, 0.1) is 0 Å². The van der Waals surface area contributed by atoms with Gasteiger partial charge in [0.15, 0.2) is 0 Å². The van der Waals surface area contributed by atoms with Crippen molar-refractivity contribution in [2.75, 3.05) is 24.5 Å². The quantitative estimate of drug-likeness (QED) is 0.631. The normalized spacial score (nSPS) is 13.7. The summed E-state index contributed by atoms with van der Waals surface area (Å²) < 4.78 is 1.66. The van der Waals surface area contributed by atoms with Gasteiger partial charge >= 0.3 is 0 Å². The van der Waals surface area contributed by atoms with Crippen molar-refractivity contribution >= 4 is 34.4 Å². The van der Waals surface area contributed by atoms with Crippen molar-refractivity contribution in [1.29, 1.82) is 0 Å². The second-order valence-corrected chi connectivity index (χ2v) is 7.99. The van der Waals surface area contributed by atoms with Crippen LogP contribution in [0.15, 0.2) is 53.3 Å². The van der Waals surface area contributed by atoms with E-state index < -0.39 is 0 Å². The Bertz CT molecular complexity index is 1090. The Morgan fingerprint density at radius 3 is 2.57 bits per heavy atom. The number of anilines is 1. The highest BCUT2D eigenvalue weighted by Gasteiger charge is 2.20. The lowest BCUT2D eigenvalue weighted by atomic mass is 10.1. The summed E-state index contributed by atoms with van der Waals surface area (Å²) in [6.45, 7) is 2.63. The summed E-state index contributed by atoms with van der Waals surface area (Å²) in [5.74, 6) is 0.599. The second kappa shape index (κ2) is 9.30. The molecule has 0 radical (unpaired) electrons. The lowest BCUT2D eigenvalue weighted by Crippen LogP contribution is -2.33. The minimum atomic E-state index is -0.0866. The molecule has 1 aromatic heterocycles. The molecule has 156 valence electrons. The van der Waals surface area contributed by atoms with Crippen LogP contribution in [0.3, 0.4) is 0 Å². The molecule has 3 aromatic rings. The van der Waals surface area contributed by atoms with E-state index in [9.17, 15) is 9.59 Å². The van der Waals surface area contributed by atoms with Gasteiger partial charge in [0, 0.05) is 37.6 Å². The molecule has 4 rings (SSSR count). The third-order valence-electron chi connectivity index (χ3n) is 5.44. The lowest BCUT2D eigenvalue weighted by molar-refractivity contribution is -0.121. The fraction of sp³-hybridized carbons (Fsp3) is 0.348. The van der Waals surface area contributed by atoms with Crippen molar-refractivity contribution in [2.24, 2.45) is 0 Å². The third-order valence-corrected chi connectivity index (χ3v) is 5.69. The lowest BCUT2D eigenvalue weighted by Gasteiger charge is -2.21. The van der Waals surface area contributed by atoms with Crippen molar-refractivity contribution in [3.8, 4) is 0 Å². The number of halogens is 1. The molecule has 7 heteroatoms. The largest absolute Gasteiger partial charge is 0.356 e. The summed E-state index contributed by atoms with van der Waals surface area (Å²) >= 11 is 5.90. The van der Waals surface area contributed by atoms with Crippen LogP contribution in [-0.4, -0.2) is 35.1 Å². The highest BCUT2D eigenvalue weighted by atomic mass is 35.5.